The molecule has 4 rings (SSSR count). The molecule has 3 heterocycles. The Morgan fingerprint density at radius 3 is 2.67 bits per heavy atom. The molecule has 1 aromatic carbocycles. The Kier molecular flexibility index (Phi) is 5.82. The monoisotopic (exact) mass is 419 g/mol. The number of nitrogens with zero attached hydrogens (tertiary/aromatic N) is 5. The maximum absolute atomic E-state index is 13.2. The smallest absolute Gasteiger partial charge is 0.272 e. The summed E-state index contributed by atoms with van der Waals surface area (Å²) in [7, 11) is 0. The van der Waals surface area contributed by atoms with Crippen molar-refractivity contribution in [2.24, 2.45) is 0 Å². The van der Waals surface area contributed by atoms with Crippen molar-refractivity contribution in [2.75, 3.05) is 6.54 Å². The molecule has 1 atom stereocenters. The van der Waals surface area contributed by atoms with Gasteiger partial charge < -0.3 is 4.90 Å². The first-order valence-corrected chi connectivity index (χ1v) is 10.5. The number of aromatic nitrogens is 3. The standard InChI is InChI=1S/C23H22ClN5O/c1-2-3-4-19-15-28(14-17-7-5-16(12-25)6-8-17)23(30)22-11-21(27-29(19)22)20-10-9-18(24)13-26-20/h5-11,13,19H,2-4,14-15H2,1H3. The van der Waals surface area contributed by atoms with Crippen molar-refractivity contribution in [3.63, 3.8) is 0 Å². The summed E-state index contributed by atoms with van der Waals surface area (Å²) < 4.78 is 1.87. The van der Waals surface area contributed by atoms with Crippen LogP contribution in [0.2, 0.25) is 5.02 Å². The maximum Gasteiger partial charge on any atom is 0.272 e. The minimum absolute atomic E-state index is 0.0418. The third-order valence-corrected chi connectivity index (χ3v) is 5.58. The molecular weight excluding hydrogens is 398 g/mol. The van der Waals surface area contributed by atoms with Crippen LogP contribution in [-0.2, 0) is 6.54 Å². The van der Waals surface area contributed by atoms with E-state index in [1.807, 2.05) is 33.8 Å². The van der Waals surface area contributed by atoms with Crippen LogP contribution in [0.4, 0.5) is 0 Å². The molecule has 0 spiro atoms. The Morgan fingerprint density at radius 2 is 2.00 bits per heavy atom. The van der Waals surface area contributed by atoms with Gasteiger partial charge in [-0.3, -0.25) is 14.5 Å². The predicted octanol–water partition coefficient (Wildman–Crippen LogP) is 4.86. The number of unbranched alkanes of at least 4 members (excludes halogenated alkanes) is 1. The van der Waals surface area contributed by atoms with Crippen LogP contribution in [0.25, 0.3) is 11.4 Å². The molecule has 0 fully saturated rings. The number of carbonyl (C=O) groups excluding carboxylic acids is 1. The lowest BCUT2D eigenvalue weighted by molar-refractivity contribution is 0.0635. The number of pyridine rings is 1. The highest BCUT2D eigenvalue weighted by molar-refractivity contribution is 6.30. The Hall–Kier alpha value is -3.17. The van der Waals surface area contributed by atoms with E-state index in [9.17, 15) is 4.79 Å². The number of halogens is 1. The molecule has 1 aliphatic rings. The first-order valence-electron chi connectivity index (χ1n) is 10.1. The normalized spacial score (nSPS) is 15.7. The molecule has 0 radical (unpaired) electrons. The maximum atomic E-state index is 13.2. The Morgan fingerprint density at radius 1 is 1.20 bits per heavy atom. The van der Waals surface area contributed by atoms with Gasteiger partial charge >= 0.3 is 0 Å². The molecule has 0 bridgehead atoms. The van der Waals surface area contributed by atoms with E-state index in [0.717, 1.165) is 24.8 Å². The fourth-order valence-electron chi connectivity index (χ4n) is 3.76. The van der Waals surface area contributed by atoms with E-state index in [1.54, 1.807) is 24.4 Å². The largest absolute Gasteiger partial charge is 0.331 e. The quantitative estimate of drug-likeness (QED) is 0.571. The second-order valence-electron chi connectivity index (χ2n) is 7.51. The molecule has 0 saturated heterocycles. The third kappa shape index (κ3) is 4.07. The first-order chi connectivity index (χ1) is 14.6. The minimum atomic E-state index is -0.0418. The lowest BCUT2D eigenvalue weighted by atomic mass is 10.1. The van der Waals surface area contributed by atoms with E-state index in [-0.39, 0.29) is 11.9 Å². The molecule has 0 N–H and O–H groups in total. The molecule has 2 aromatic heterocycles. The van der Waals surface area contributed by atoms with Crippen molar-refractivity contribution >= 4 is 17.5 Å². The predicted molar refractivity (Wildman–Crippen MR) is 115 cm³/mol. The molecule has 152 valence electrons. The first kappa shape index (κ1) is 20.1. The van der Waals surface area contributed by atoms with E-state index in [4.69, 9.17) is 22.0 Å². The number of amides is 1. The zero-order chi connectivity index (χ0) is 21.1. The summed E-state index contributed by atoms with van der Waals surface area (Å²) in [6.45, 7) is 3.28. The average Bonchev–Trinajstić information content (AvgIpc) is 3.22. The Labute approximate surface area is 180 Å². The number of hydrogen-bond acceptors (Lipinski definition) is 4. The highest BCUT2D eigenvalue weighted by Gasteiger charge is 2.33. The number of fused-ring (bicyclic) bond motifs is 1. The van der Waals surface area contributed by atoms with Crippen LogP contribution in [0.3, 0.4) is 0 Å². The van der Waals surface area contributed by atoms with Crippen LogP contribution < -0.4 is 0 Å². The van der Waals surface area contributed by atoms with Gasteiger partial charge in [-0.05, 0) is 42.3 Å². The van der Waals surface area contributed by atoms with E-state index < -0.39 is 0 Å². The minimum Gasteiger partial charge on any atom is -0.331 e. The molecule has 1 aliphatic heterocycles. The lowest BCUT2D eigenvalue weighted by Gasteiger charge is -2.33. The summed E-state index contributed by atoms with van der Waals surface area (Å²) in [5.74, 6) is -0.0418. The van der Waals surface area contributed by atoms with E-state index in [2.05, 4.69) is 18.0 Å². The molecular formula is C23H22ClN5O. The van der Waals surface area contributed by atoms with E-state index >= 15 is 0 Å². The van der Waals surface area contributed by atoms with Crippen LogP contribution in [0, 0.1) is 11.3 Å². The van der Waals surface area contributed by atoms with Gasteiger partial charge in [-0.1, -0.05) is 43.5 Å². The van der Waals surface area contributed by atoms with Gasteiger partial charge in [0.25, 0.3) is 5.91 Å². The summed E-state index contributed by atoms with van der Waals surface area (Å²) in [4.78, 5) is 19.5. The summed E-state index contributed by atoms with van der Waals surface area (Å²) in [6, 6.07) is 15.0. The fraction of sp³-hybridized carbons (Fsp3) is 0.304. The van der Waals surface area contributed by atoms with Gasteiger partial charge in [-0.2, -0.15) is 10.4 Å². The summed E-state index contributed by atoms with van der Waals surface area (Å²) in [6.07, 6.45) is 4.69. The second kappa shape index (κ2) is 8.68. The van der Waals surface area contributed by atoms with Crippen LogP contribution in [0.1, 0.15) is 53.8 Å². The van der Waals surface area contributed by atoms with Crippen molar-refractivity contribution in [1.29, 1.82) is 5.26 Å². The van der Waals surface area contributed by atoms with Crippen molar-refractivity contribution in [2.45, 2.75) is 38.8 Å². The zero-order valence-corrected chi connectivity index (χ0v) is 17.5. The van der Waals surface area contributed by atoms with Crippen LogP contribution in [0.5, 0.6) is 0 Å². The van der Waals surface area contributed by atoms with Gasteiger partial charge in [0.15, 0.2) is 0 Å². The van der Waals surface area contributed by atoms with Crippen LogP contribution in [0.15, 0.2) is 48.7 Å². The number of benzene rings is 1. The molecule has 3 aromatic rings. The van der Waals surface area contributed by atoms with E-state index in [1.165, 1.54) is 0 Å². The van der Waals surface area contributed by atoms with Crippen molar-refractivity contribution in [3.8, 4) is 17.5 Å². The zero-order valence-electron chi connectivity index (χ0n) is 16.8. The van der Waals surface area contributed by atoms with Gasteiger partial charge in [-0.25, -0.2) is 0 Å². The van der Waals surface area contributed by atoms with Crippen molar-refractivity contribution in [1.82, 2.24) is 19.7 Å². The second-order valence-corrected chi connectivity index (χ2v) is 7.95. The molecule has 7 heteroatoms. The van der Waals surface area contributed by atoms with E-state index in [0.29, 0.717) is 40.8 Å². The molecule has 1 amide bonds. The lowest BCUT2D eigenvalue weighted by Crippen LogP contribution is -2.42. The van der Waals surface area contributed by atoms with Gasteiger partial charge in [-0.15, -0.1) is 0 Å². The molecule has 0 saturated carbocycles. The van der Waals surface area contributed by atoms with Gasteiger partial charge in [0.05, 0.1) is 28.4 Å². The van der Waals surface area contributed by atoms with Crippen LogP contribution >= 0.6 is 11.6 Å². The number of carbonyl (C=O) groups is 1. The fourth-order valence-corrected chi connectivity index (χ4v) is 3.87. The Balaban J connectivity index is 1.64. The highest BCUT2D eigenvalue weighted by atomic mass is 35.5. The topological polar surface area (TPSA) is 74.8 Å². The summed E-state index contributed by atoms with van der Waals surface area (Å²) in [5.41, 5.74) is 3.58. The van der Waals surface area contributed by atoms with Crippen molar-refractivity contribution < 1.29 is 4.79 Å². The van der Waals surface area contributed by atoms with Gasteiger partial charge in [0.1, 0.15) is 11.4 Å². The molecule has 1 unspecified atom stereocenters. The van der Waals surface area contributed by atoms with Gasteiger partial charge in [0.2, 0.25) is 0 Å². The molecule has 0 aliphatic carbocycles. The average molecular weight is 420 g/mol. The SMILES string of the molecule is CCCCC1CN(Cc2ccc(C#N)cc2)C(=O)c2cc(-c3ccc(Cl)cn3)nn21. The summed E-state index contributed by atoms with van der Waals surface area (Å²) >= 11 is 5.95. The molecule has 6 nitrogen and oxygen atoms in total. The van der Waals surface area contributed by atoms with Crippen molar-refractivity contribution in [3.05, 3.63) is 70.5 Å². The summed E-state index contributed by atoms with van der Waals surface area (Å²) in [5, 5.41) is 14.3. The number of nitriles is 1. The highest BCUT2D eigenvalue weighted by Crippen LogP contribution is 2.29. The Bertz CT molecular complexity index is 1080. The third-order valence-electron chi connectivity index (χ3n) is 5.36. The number of hydrogen-bond donors (Lipinski definition) is 0. The van der Waals surface area contributed by atoms with Crippen LogP contribution in [-0.4, -0.2) is 32.1 Å². The van der Waals surface area contributed by atoms with Gasteiger partial charge in [0, 0.05) is 19.3 Å². The number of rotatable bonds is 6. The molecule has 30 heavy (non-hydrogen) atoms.